The Bertz CT molecular complexity index is 492. The average Bonchev–Trinajstić information content (AvgIpc) is 2.39. The van der Waals surface area contributed by atoms with E-state index in [1.165, 1.54) is 0 Å². The second kappa shape index (κ2) is 5.86. The normalized spacial score (nSPS) is 17.0. The largest absolute Gasteiger partial charge is 0.399 e. The molecule has 17 heavy (non-hydrogen) atoms. The molecule has 0 fully saturated rings. The summed E-state index contributed by atoms with van der Waals surface area (Å²) in [5.74, 6) is 6.19. The van der Waals surface area contributed by atoms with E-state index in [4.69, 9.17) is 4.84 Å². The van der Waals surface area contributed by atoms with E-state index in [1.54, 1.807) is 13.3 Å². The minimum atomic E-state index is 0.796. The summed E-state index contributed by atoms with van der Waals surface area (Å²) in [5.41, 5.74) is 2.85. The minimum Gasteiger partial charge on any atom is -0.399 e. The Labute approximate surface area is 101 Å². The van der Waals surface area contributed by atoms with Gasteiger partial charge in [-0.2, -0.15) is 0 Å². The number of hydrogen-bond acceptors (Lipinski definition) is 3. The highest BCUT2D eigenvalue weighted by Gasteiger charge is 2.07. The van der Waals surface area contributed by atoms with Crippen molar-refractivity contribution in [1.29, 1.82) is 0 Å². The Morgan fingerprint density at radius 3 is 3.00 bits per heavy atom. The average molecular weight is 226 g/mol. The number of rotatable bonds is 1. The monoisotopic (exact) mass is 226 g/mol. The van der Waals surface area contributed by atoms with Crippen LogP contribution in [0.3, 0.4) is 0 Å². The van der Waals surface area contributed by atoms with Gasteiger partial charge in [-0.25, -0.2) is 4.98 Å². The summed E-state index contributed by atoms with van der Waals surface area (Å²) in [6.07, 6.45) is 6.79. The highest BCUT2D eigenvalue weighted by atomic mass is 16.6. The van der Waals surface area contributed by atoms with Crippen LogP contribution >= 0.6 is 0 Å². The van der Waals surface area contributed by atoms with E-state index in [0.717, 1.165) is 36.2 Å². The first-order chi connectivity index (χ1) is 8.38. The van der Waals surface area contributed by atoms with Crippen LogP contribution in [0.2, 0.25) is 0 Å². The second-order valence-electron chi connectivity index (χ2n) is 3.75. The third-order valence-corrected chi connectivity index (χ3v) is 2.44. The van der Waals surface area contributed by atoms with Crippen LogP contribution in [0.1, 0.15) is 25.0 Å². The van der Waals surface area contributed by atoms with Gasteiger partial charge in [-0.05, 0) is 43.4 Å². The van der Waals surface area contributed by atoms with E-state index < -0.39 is 0 Å². The van der Waals surface area contributed by atoms with Crippen molar-refractivity contribution in [2.75, 3.05) is 7.11 Å². The molecule has 0 unspecified atom stereocenters. The fourth-order valence-corrected chi connectivity index (χ4v) is 1.67. The molecule has 0 aliphatic heterocycles. The molecule has 0 N–H and O–H groups in total. The van der Waals surface area contributed by atoms with E-state index in [1.807, 2.05) is 24.3 Å². The zero-order valence-electron chi connectivity index (χ0n) is 9.81. The van der Waals surface area contributed by atoms with Gasteiger partial charge in [0.15, 0.2) is 0 Å². The first-order valence-corrected chi connectivity index (χ1v) is 5.62. The molecule has 0 aromatic carbocycles. The molecule has 1 heterocycles. The van der Waals surface area contributed by atoms with Crippen molar-refractivity contribution in [2.24, 2.45) is 5.16 Å². The predicted molar refractivity (Wildman–Crippen MR) is 67.5 cm³/mol. The van der Waals surface area contributed by atoms with Crippen LogP contribution < -0.4 is 0 Å². The number of hydrogen-bond donors (Lipinski definition) is 0. The molecule has 1 aromatic rings. The van der Waals surface area contributed by atoms with Gasteiger partial charge in [0.05, 0.1) is 5.71 Å². The van der Waals surface area contributed by atoms with Crippen LogP contribution in [-0.4, -0.2) is 17.8 Å². The van der Waals surface area contributed by atoms with E-state index in [0.29, 0.717) is 0 Å². The van der Waals surface area contributed by atoms with Gasteiger partial charge in [-0.1, -0.05) is 17.1 Å². The summed E-state index contributed by atoms with van der Waals surface area (Å²) in [6, 6.07) is 5.72. The molecule has 0 atom stereocenters. The van der Waals surface area contributed by atoms with E-state index in [-0.39, 0.29) is 0 Å². The summed E-state index contributed by atoms with van der Waals surface area (Å²) in [7, 11) is 1.56. The molecule has 0 saturated carbocycles. The maximum atomic E-state index is 4.78. The van der Waals surface area contributed by atoms with Crippen LogP contribution in [0, 0.1) is 11.8 Å². The SMILES string of the molecule is CO/N=C1/C=C(C#Cc2ccccn2)CCC1. The maximum Gasteiger partial charge on any atom is 0.113 e. The van der Waals surface area contributed by atoms with Gasteiger partial charge in [0, 0.05) is 11.8 Å². The molecule has 1 aliphatic carbocycles. The summed E-state index contributed by atoms with van der Waals surface area (Å²) in [6.45, 7) is 0. The number of allylic oxidation sites excluding steroid dienone is 2. The molecule has 0 spiro atoms. The standard InChI is InChI=1S/C14H14N2O/c1-17-16-14-7-4-5-12(11-14)8-9-13-6-2-3-10-15-13/h2-3,6,10-11H,4-5,7H2,1H3/b16-14+. The molecular weight excluding hydrogens is 212 g/mol. The van der Waals surface area contributed by atoms with Crippen LogP contribution in [0.5, 0.6) is 0 Å². The van der Waals surface area contributed by atoms with Gasteiger partial charge in [0.2, 0.25) is 0 Å². The molecule has 0 bridgehead atoms. The Kier molecular flexibility index (Phi) is 3.93. The molecule has 2 rings (SSSR count). The van der Waals surface area contributed by atoms with Crippen LogP contribution in [0.15, 0.2) is 41.2 Å². The highest BCUT2D eigenvalue weighted by Crippen LogP contribution is 2.15. The highest BCUT2D eigenvalue weighted by molar-refractivity contribution is 5.96. The lowest BCUT2D eigenvalue weighted by atomic mass is 9.98. The van der Waals surface area contributed by atoms with Crippen molar-refractivity contribution in [3.8, 4) is 11.8 Å². The summed E-state index contributed by atoms with van der Waals surface area (Å²) >= 11 is 0. The van der Waals surface area contributed by atoms with E-state index in [9.17, 15) is 0 Å². The first kappa shape index (κ1) is 11.4. The van der Waals surface area contributed by atoms with Gasteiger partial charge in [0.25, 0.3) is 0 Å². The third-order valence-electron chi connectivity index (χ3n) is 2.44. The lowest BCUT2D eigenvalue weighted by Gasteiger charge is -2.08. The Hall–Kier alpha value is -2.08. The molecule has 0 radical (unpaired) electrons. The van der Waals surface area contributed by atoms with Gasteiger partial charge in [-0.3, -0.25) is 0 Å². The fourth-order valence-electron chi connectivity index (χ4n) is 1.67. The number of aromatic nitrogens is 1. The Morgan fingerprint density at radius 1 is 1.29 bits per heavy atom. The molecule has 86 valence electrons. The molecule has 3 nitrogen and oxygen atoms in total. The molecule has 1 aromatic heterocycles. The smallest absolute Gasteiger partial charge is 0.113 e. The van der Waals surface area contributed by atoms with E-state index in [2.05, 4.69) is 22.0 Å². The van der Waals surface area contributed by atoms with Gasteiger partial charge >= 0.3 is 0 Å². The zero-order valence-corrected chi connectivity index (χ0v) is 9.81. The number of oxime groups is 1. The molecule has 3 heteroatoms. The van der Waals surface area contributed by atoms with Crippen molar-refractivity contribution >= 4 is 5.71 Å². The Balaban J connectivity index is 2.14. The second-order valence-corrected chi connectivity index (χ2v) is 3.75. The fraction of sp³-hybridized carbons (Fsp3) is 0.286. The van der Waals surface area contributed by atoms with Crippen molar-refractivity contribution in [2.45, 2.75) is 19.3 Å². The Morgan fingerprint density at radius 2 is 2.24 bits per heavy atom. The lowest BCUT2D eigenvalue weighted by Crippen LogP contribution is -2.02. The van der Waals surface area contributed by atoms with Crippen LogP contribution in [-0.2, 0) is 4.84 Å². The number of nitrogens with zero attached hydrogens (tertiary/aromatic N) is 2. The van der Waals surface area contributed by atoms with Crippen molar-refractivity contribution < 1.29 is 4.84 Å². The summed E-state index contributed by atoms with van der Waals surface area (Å²) in [5, 5.41) is 3.95. The first-order valence-electron chi connectivity index (χ1n) is 5.62. The topological polar surface area (TPSA) is 34.5 Å². The molecular formula is C14H14N2O. The number of pyridine rings is 1. The van der Waals surface area contributed by atoms with Gasteiger partial charge in [-0.15, -0.1) is 0 Å². The van der Waals surface area contributed by atoms with E-state index >= 15 is 0 Å². The molecule has 1 aliphatic rings. The van der Waals surface area contributed by atoms with Gasteiger partial charge < -0.3 is 4.84 Å². The maximum absolute atomic E-state index is 4.78. The third kappa shape index (κ3) is 3.46. The lowest BCUT2D eigenvalue weighted by molar-refractivity contribution is 0.213. The predicted octanol–water partition coefficient (Wildman–Crippen LogP) is 2.55. The van der Waals surface area contributed by atoms with Crippen LogP contribution in [0.25, 0.3) is 0 Å². The van der Waals surface area contributed by atoms with Gasteiger partial charge in [0.1, 0.15) is 12.8 Å². The molecule has 0 saturated heterocycles. The minimum absolute atomic E-state index is 0.796. The summed E-state index contributed by atoms with van der Waals surface area (Å²) < 4.78 is 0. The quantitative estimate of drug-likeness (QED) is 0.545. The molecule has 0 amide bonds. The van der Waals surface area contributed by atoms with Crippen LogP contribution in [0.4, 0.5) is 0 Å². The van der Waals surface area contributed by atoms with Crippen molar-refractivity contribution in [3.63, 3.8) is 0 Å². The zero-order chi connectivity index (χ0) is 11.9. The summed E-state index contributed by atoms with van der Waals surface area (Å²) in [4.78, 5) is 8.94. The van der Waals surface area contributed by atoms with Crippen molar-refractivity contribution in [3.05, 3.63) is 41.7 Å². The van der Waals surface area contributed by atoms with Crippen molar-refractivity contribution in [1.82, 2.24) is 4.98 Å².